The molecule has 0 radical (unpaired) electrons. The first-order valence-corrected chi connectivity index (χ1v) is 7.41. The normalized spacial score (nSPS) is 10.1. The summed E-state index contributed by atoms with van der Waals surface area (Å²) in [7, 11) is 0. The van der Waals surface area contributed by atoms with Gasteiger partial charge in [-0.25, -0.2) is 0 Å². The van der Waals surface area contributed by atoms with Gasteiger partial charge in [-0.2, -0.15) is 0 Å². The minimum Gasteiger partial charge on any atom is -0.384 e. The van der Waals surface area contributed by atoms with E-state index in [0.29, 0.717) is 12.1 Å². The highest BCUT2D eigenvalue weighted by molar-refractivity contribution is 5.94. The summed E-state index contributed by atoms with van der Waals surface area (Å²) in [6, 6.07) is 7.07. The number of amides is 1. The van der Waals surface area contributed by atoms with Crippen molar-refractivity contribution in [2.45, 2.75) is 20.3 Å². The van der Waals surface area contributed by atoms with Crippen LogP contribution in [-0.4, -0.2) is 48.7 Å². The van der Waals surface area contributed by atoms with Crippen molar-refractivity contribution in [2.75, 3.05) is 32.8 Å². The van der Waals surface area contributed by atoms with E-state index in [4.69, 9.17) is 5.11 Å². The second kappa shape index (κ2) is 9.98. The van der Waals surface area contributed by atoms with Crippen molar-refractivity contribution in [3.63, 3.8) is 0 Å². The Kier molecular flexibility index (Phi) is 8.18. The summed E-state index contributed by atoms with van der Waals surface area (Å²) >= 11 is 0. The van der Waals surface area contributed by atoms with Crippen LogP contribution < -0.4 is 5.32 Å². The van der Waals surface area contributed by atoms with Crippen molar-refractivity contribution in [2.24, 2.45) is 0 Å². The number of hydrogen-bond donors (Lipinski definition) is 2. The number of benzene rings is 1. The highest BCUT2D eigenvalue weighted by Gasteiger charge is 2.04. The molecule has 0 aliphatic carbocycles. The predicted molar refractivity (Wildman–Crippen MR) is 85.1 cm³/mol. The van der Waals surface area contributed by atoms with Gasteiger partial charge in [0.05, 0.1) is 0 Å². The summed E-state index contributed by atoms with van der Waals surface area (Å²) in [6.07, 6.45) is 0.952. The second-order valence-corrected chi connectivity index (χ2v) is 4.67. The highest BCUT2D eigenvalue weighted by atomic mass is 16.2. The van der Waals surface area contributed by atoms with Crippen molar-refractivity contribution in [3.05, 3.63) is 35.4 Å². The zero-order chi connectivity index (χ0) is 15.5. The molecule has 0 unspecified atom stereocenters. The number of rotatable bonds is 7. The topological polar surface area (TPSA) is 52.6 Å². The average molecular weight is 288 g/mol. The molecule has 4 nitrogen and oxygen atoms in total. The Labute approximate surface area is 127 Å². The van der Waals surface area contributed by atoms with Crippen molar-refractivity contribution >= 4 is 5.91 Å². The Morgan fingerprint density at radius 1 is 1.24 bits per heavy atom. The molecule has 0 aliphatic rings. The molecule has 0 aliphatic heterocycles. The van der Waals surface area contributed by atoms with E-state index in [9.17, 15) is 4.79 Å². The minimum atomic E-state index is -0.158. The summed E-state index contributed by atoms with van der Waals surface area (Å²) < 4.78 is 0. The summed E-state index contributed by atoms with van der Waals surface area (Å²) in [6.45, 7) is 7.90. The summed E-state index contributed by atoms with van der Waals surface area (Å²) in [5.41, 5.74) is 1.43. The molecule has 0 bridgehead atoms. The van der Waals surface area contributed by atoms with Crippen LogP contribution in [0.15, 0.2) is 24.3 Å². The van der Waals surface area contributed by atoms with Crippen LogP contribution in [-0.2, 0) is 0 Å². The fourth-order valence-corrected chi connectivity index (χ4v) is 1.99. The van der Waals surface area contributed by atoms with Crippen molar-refractivity contribution in [1.82, 2.24) is 10.2 Å². The van der Waals surface area contributed by atoms with Gasteiger partial charge in [-0.05, 0) is 50.3 Å². The van der Waals surface area contributed by atoms with Crippen LogP contribution in [0.5, 0.6) is 0 Å². The van der Waals surface area contributed by atoms with Gasteiger partial charge in [-0.1, -0.05) is 25.7 Å². The molecule has 0 fully saturated rings. The number of carbonyl (C=O) groups excluding carboxylic acids is 1. The molecule has 0 spiro atoms. The molecule has 1 rings (SSSR count). The van der Waals surface area contributed by atoms with Gasteiger partial charge in [0.15, 0.2) is 0 Å². The molecule has 1 amide bonds. The molecule has 0 saturated carbocycles. The number of nitrogens with one attached hydrogen (secondary N) is 1. The van der Waals surface area contributed by atoms with E-state index >= 15 is 0 Å². The maximum absolute atomic E-state index is 12.0. The van der Waals surface area contributed by atoms with Gasteiger partial charge < -0.3 is 15.3 Å². The first kappa shape index (κ1) is 17.2. The molecule has 0 heterocycles. The van der Waals surface area contributed by atoms with Crippen LogP contribution in [0.25, 0.3) is 0 Å². The Morgan fingerprint density at radius 3 is 2.48 bits per heavy atom. The zero-order valence-electron chi connectivity index (χ0n) is 12.9. The van der Waals surface area contributed by atoms with E-state index < -0.39 is 0 Å². The third-order valence-corrected chi connectivity index (χ3v) is 3.29. The monoisotopic (exact) mass is 288 g/mol. The maximum atomic E-state index is 12.0. The average Bonchev–Trinajstić information content (AvgIpc) is 2.53. The first-order valence-electron chi connectivity index (χ1n) is 7.41. The van der Waals surface area contributed by atoms with Gasteiger partial charge in [0.25, 0.3) is 5.91 Å². The SMILES string of the molecule is CCN(CC)CCCNC(=O)c1ccc(C#CCO)cc1. The zero-order valence-corrected chi connectivity index (χ0v) is 12.9. The first-order chi connectivity index (χ1) is 10.2. The highest BCUT2D eigenvalue weighted by Crippen LogP contribution is 2.03. The predicted octanol–water partition coefficient (Wildman–Crippen LogP) is 1.49. The molecular weight excluding hydrogens is 264 g/mol. The lowest BCUT2D eigenvalue weighted by Gasteiger charge is -2.17. The number of carbonyl (C=O) groups is 1. The van der Waals surface area contributed by atoms with Crippen LogP contribution >= 0.6 is 0 Å². The van der Waals surface area contributed by atoms with E-state index in [-0.39, 0.29) is 12.5 Å². The smallest absolute Gasteiger partial charge is 0.251 e. The lowest BCUT2D eigenvalue weighted by atomic mass is 10.1. The maximum Gasteiger partial charge on any atom is 0.251 e. The van der Waals surface area contributed by atoms with E-state index in [1.165, 1.54) is 0 Å². The number of hydrogen-bond acceptors (Lipinski definition) is 3. The lowest BCUT2D eigenvalue weighted by molar-refractivity contribution is 0.0952. The van der Waals surface area contributed by atoms with E-state index in [1.807, 2.05) is 0 Å². The standard InChI is InChI=1S/C17H24N2O2/c1-3-19(4-2)13-6-12-18-17(21)16-10-8-15(9-11-16)7-5-14-20/h8-11,20H,3-4,6,12-14H2,1-2H3,(H,18,21). The summed E-state index contributed by atoms with van der Waals surface area (Å²) in [5.74, 6) is 5.32. The van der Waals surface area contributed by atoms with Crippen LogP contribution in [0, 0.1) is 11.8 Å². The molecule has 114 valence electrons. The van der Waals surface area contributed by atoms with Gasteiger partial charge in [0.2, 0.25) is 0 Å². The summed E-state index contributed by atoms with van der Waals surface area (Å²) in [5, 5.41) is 11.5. The Bertz CT molecular complexity index is 482. The minimum absolute atomic E-state index is 0.0591. The van der Waals surface area contributed by atoms with Crippen LogP contribution in [0.1, 0.15) is 36.2 Å². The van der Waals surface area contributed by atoms with Crippen LogP contribution in [0.2, 0.25) is 0 Å². The quantitative estimate of drug-likeness (QED) is 0.590. The summed E-state index contributed by atoms with van der Waals surface area (Å²) in [4.78, 5) is 14.3. The number of aliphatic hydroxyl groups excluding tert-OH is 1. The Hall–Kier alpha value is -1.83. The third kappa shape index (κ3) is 6.44. The Morgan fingerprint density at radius 2 is 1.90 bits per heavy atom. The molecule has 1 aromatic carbocycles. The van der Waals surface area contributed by atoms with E-state index in [2.05, 4.69) is 35.9 Å². The second-order valence-electron chi connectivity index (χ2n) is 4.67. The van der Waals surface area contributed by atoms with Crippen molar-refractivity contribution in [1.29, 1.82) is 0 Å². The molecule has 0 aromatic heterocycles. The molecule has 0 atom stereocenters. The van der Waals surface area contributed by atoms with Gasteiger partial charge >= 0.3 is 0 Å². The number of aliphatic hydroxyl groups is 1. The van der Waals surface area contributed by atoms with Crippen LogP contribution in [0.3, 0.4) is 0 Å². The number of nitrogens with zero attached hydrogens (tertiary/aromatic N) is 1. The molecule has 1 aromatic rings. The molecule has 0 saturated heterocycles. The lowest BCUT2D eigenvalue weighted by Crippen LogP contribution is -2.29. The van der Waals surface area contributed by atoms with Gasteiger partial charge in [0.1, 0.15) is 6.61 Å². The molecular formula is C17H24N2O2. The van der Waals surface area contributed by atoms with Crippen molar-refractivity contribution in [3.8, 4) is 11.8 Å². The van der Waals surface area contributed by atoms with Gasteiger partial charge in [0, 0.05) is 17.7 Å². The molecule has 2 N–H and O–H groups in total. The largest absolute Gasteiger partial charge is 0.384 e. The van der Waals surface area contributed by atoms with Gasteiger partial charge in [-0.3, -0.25) is 4.79 Å². The van der Waals surface area contributed by atoms with E-state index in [1.54, 1.807) is 24.3 Å². The van der Waals surface area contributed by atoms with Crippen molar-refractivity contribution < 1.29 is 9.90 Å². The van der Waals surface area contributed by atoms with Crippen LogP contribution in [0.4, 0.5) is 0 Å². The fourth-order valence-electron chi connectivity index (χ4n) is 1.99. The molecule has 4 heteroatoms. The molecule has 21 heavy (non-hydrogen) atoms. The Balaban J connectivity index is 2.38. The van der Waals surface area contributed by atoms with E-state index in [0.717, 1.165) is 31.6 Å². The van der Waals surface area contributed by atoms with Gasteiger partial charge in [-0.15, -0.1) is 0 Å². The third-order valence-electron chi connectivity index (χ3n) is 3.29. The fraction of sp³-hybridized carbons (Fsp3) is 0.471.